The van der Waals surface area contributed by atoms with Crippen LogP contribution in [0.15, 0.2) is 0 Å². The summed E-state index contributed by atoms with van der Waals surface area (Å²) >= 11 is 0. The minimum absolute atomic E-state index is 0.456. The van der Waals surface area contributed by atoms with E-state index >= 15 is 0 Å². The summed E-state index contributed by atoms with van der Waals surface area (Å²) in [5.41, 5.74) is 0. The highest BCUT2D eigenvalue weighted by molar-refractivity contribution is 4.74. The lowest BCUT2D eigenvalue weighted by molar-refractivity contribution is 0.0317. The molecule has 0 spiro atoms. The van der Waals surface area contributed by atoms with Crippen molar-refractivity contribution in [1.82, 2.24) is 10.2 Å². The van der Waals surface area contributed by atoms with E-state index in [0.717, 1.165) is 25.6 Å². The van der Waals surface area contributed by atoms with E-state index in [1.807, 2.05) is 7.11 Å². The standard InChI is InChI=1S/C15H32N2O/c1-13(2)7-8-14(3)16-9-11-17-10-5-6-15(12-17)18-4/h13-16H,5-12H2,1-4H3. The highest BCUT2D eigenvalue weighted by Gasteiger charge is 2.18. The molecule has 0 aromatic rings. The lowest BCUT2D eigenvalue weighted by atomic mass is 10.0. The molecule has 0 aliphatic carbocycles. The molecule has 1 aliphatic heterocycles. The highest BCUT2D eigenvalue weighted by atomic mass is 16.5. The number of likely N-dealkylation sites (tertiary alicyclic amines) is 1. The van der Waals surface area contributed by atoms with Gasteiger partial charge in [0.05, 0.1) is 6.10 Å². The van der Waals surface area contributed by atoms with E-state index in [9.17, 15) is 0 Å². The van der Waals surface area contributed by atoms with Crippen LogP contribution < -0.4 is 5.32 Å². The number of ether oxygens (including phenoxy) is 1. The van der Waals surface area contributed by atoms with Crippen LogP contribution in [0.25, 0.3) is 0 Å². The zero-order valence-corrected chi connectivity index (χ0v) is 12.7. The Bertz CT molecular complexity index is 209. The smallest absolute Gasteiger partial charge is 0.0698 e. The molecule has 0 aromatic carbocycles. The van der Waals surface area contributed by atoms with Gasteiger partial charge in [0.2, 0.25) is 0 Å². The molecule has 0 saturated carbocycles. The van der Waals surface area contributed by atoms with Crippen LogP contribution in [0.5, 0.6) is 0 Å². The lowest BCUT2D eigenvalue weighted by Crippen LogP contribution is -2.43. The van der Waals surface area contributed by atoms with Gasteiger partial charge in [-0.25, -0.2) is 0 Å². The summed E-state index contributed by atoms with van der Waals surface area (Å²) in [4.78, 5) is 2.53. The predicted molar refractivity (Wildman–Crippen MR) is 78.0 cm³/mol. The predicted octanol–water partition coefficient (Wildman–Crippen LogP) is 2.51. The SMILES string of the molecule is COC1CCCN(CCNC(C)CCC(C)C)C1. The van der Waals surface area contributed by atoms with Crippen LogP contribution in [0.1, 0.15) is 46.5 Å². The van der Waals surface area contributed by atoms with Gasteiger partial charge in [-0.15, -0.1) is 0 Å². The van der Waals surface area contributed by atoms with Gasteiger partial charge in [0.15, 0.2) is 0 Å². The first kappa shape index (κ1) is 15.9. The minimum atomic E-state index is 0.456. The van der Waals surface area contributed by atoms with Gasteiger partial charge in [0.25, 0.3) is 0 Å². The number of methoxy groups -OCH3 is 1. The fourth-order valence-electron chi connectivity index (χ4n) is 2.56. The van der Waals surface area contributed by atoms with Gasteiger partial charge in [-0.05, 0) is 45.1 Å². The maximum atomic E-state index is 5.45. The summed E-state index contributed by atoms with van der Waals surface area (Å²) < 4.78 is 5.45. The molecule has 0 bridgehead atoms. The summed E-state index contributed by atoms with van der Waals surface area (Å²) in [6, 6.07) is 0.649. The zero-order chi connectivity index (χ0) is 13.4. The molecule has 1 rings (SSSR count). The molecular weight excluding hydrogens is 224 g/mol. The Morgan fingerprint density at radius 1 is 1.28 bits per heavy atom. The van der Waals surface area contributed by atoms with Gasteiger partial charge in [-0.3, -0.25) is 4.90 Å². The van der Waals surface area contributed by atoms with Crippen molar-refractivity contribution >= 4 is 0 Å². The molecule has 2 unspecified atom stereocenters. The quantitative estimate of drug-likeness (QED) is 0.722. The van der Waals surface area contributed by atoms with Gasteiger partial charge < -0.3 is 10.1 Å². The van der Waals surface area contributed by atoms with Crippen molar-refractivity contribution in [2.75, 3.05) is 33.3 Å². The van der Waals surface area contributed by atoms with E-state index in [-0.39, 0.29) is 0 Å². The second-order valence-electron chi connectivity index (χ2n) is 6.13. The Hall–Kier alpha value is -0.120. The average Bonchev–Trinajstić information content (AvgIpc) is 2.36. The summed E-state index contributed by atoms with van der Waals surface area (Å²) in [5.74, 6) is 0.818. The van der Waals surface area contributed by atoms with Gasteiger partial charge in [0, 0.05) is 32.8 Å². The number of hydrogen-bond acceptors (Lipinski definition) is 3. The second kappa shape index (κ2) is 8.89. The summed E-state index contributed by atoms with van der Waals surface area (Å²) in [7, 11) is 1.83. The molecular formula is C15H32N2O. The van der Waals surface area contributed by atoms with Gasteiger partial charge >= 0.3 is 0 Å². The van der Waals surface area contributed by atoms with E-state index in [2.05, 4.69) is 31.0 Å². The van der Waals surface area contributed by atoms with Crippen LogP contribution in [0, 0.1) is 5.92 Å². The average molecular weight is 256 g/mol. The Morgan fingerprint density at radius 3 is 2.72 bits per heavy atom. The zero-order valence-electron chi connectivity index (χ0n) is 12.7. The molecule has 108 valence electrons. The molecule has 18 heavy (non-hydrogen) atoms. The topological polar surface area (TPSA) is 24.5 Å². The van der Waals surface area contributed by atoms with Crippen molar-refractivity contribution in [2.45, 2.75) is 58.6 Å². The number of piperidine rings is 1. The largest absolute Gasteiger partial charge is 0.380 e. The second-order valence-corrected chi connectivity index (χ2v) is 6.13. The number of nitrogens with zero attached hydrogens (tertiary/aromatic N) is 1. The molecule has 3 heteroatoms. The molecule has 1 heterocycles. The molecule has 1 saturated heterocycles. The summed E-state index contributed by atoms with van der Waals surface area (Å²) in [6.07, 6.45) is 5.58. The molecule has 0 aromatic heterocycles. The first-order valence-electron chi connectivity index (χ1n) is 7.60. The Balaban J connectivity index is 2.06. The van der Waals surface area contributed by atoms with Gasteiger partial charge in [0.1, 0.15) is 0 Å². The summed E-state index contributed by atoms with van der Waals surface area (Å²) in [5, 5.41) is 3.64. The van der Waals surface area contributed by atoms with E-state index < -0.39 is 0 Å². The molecule has 1 N–H and O–H groups in total. The number of hydrogen-bond donors (Lipinski definition) is 1. The van der Waals surface area contributed by atoms with Crippen LogP contribution in [-0.2, 0) is 4.74 Å². The van der Waals surface area contributed by atoms with E-state index in [1.54, 1.807) is 0 Å². The molecule has 2 atom stereocenters. The van der Waals surface area contributed by atoms with Crippen LogP contribution in [0.3, 0.4) is 0 Å². The molecule has 3 nitrogen and oxygen atoms in total. The Kier molecular flexibility index (Phi) is 7.87. The van der Waals surface area contributed by atoms with Crippen molar-refractivity contribution in [1.29, 1.82) is 0 Å². The molecule has 1 aliphatic rings. The Morgan fingerprint density at radius 2 is 2.06 bits per heavy atom. The normalized spacial score (nSPS) is 23.5. The molecule has 0 amide bonds. The van der Waals surface area contributed by atoms with Crippen molar-refractivity contribution in [3.05, 3.63) is 0 Å². The highest BCUT2D eigenvalue weighted by Crippen LogP contribution is 2.11. The third-order valence-corrected chi connectivity index (χ3v) is 3.89. The maximum Gasteiger partial charge on any atom is 0.0698 e. The van der Waals surface area contributed by atoms with Crippen molar-refractivity contribution in [2.24, 2.45) is 5.92 Å². The summed E-state index contributed by atoms with van der Waals surface area (Å²) in [6.45, 7) is 11.5. The van der Waals surface area contributed by atoms with Crippen LogP contribution in [0.2, 0.25) is 0 Å². The van der Waals surface area contributed by atoms with Gasteiger partial charge in [-0.1, -0.05) is 13.8 Å². The first-order valence-corrected chi connectivity index (χ1v) is 7.60. The van der Waals surface area contributed by atoms with E-state index in [4.69, 9.17) is 4.74 Å². The van der Waals surface area contributed by atoms with Crippen molar-refractivity contribution < 1.29 is 4.74 Å². The maximum absolute atomic E-state index is 5.45. The third kappa shape index (κ3) is 6.72. The number of rotatable bonds is 8. The molecule has 0 radical (unpaired) electrons. The van der Waals surface area contributed by atoms with Crippen molar-refractivity contribution in [3.8, 4) is 0 Å². The van der Waals surface area contributed by atoms with E-state index in [0.29, 0.717) is 12.1 Å². The van der Waals surface area contributed by atoms with Gasteiger partial charge in [-0.2, -0.15) is 0 Å². The van der Waals surface area contributed by atoms with E-state index in [1.165, 1.54) is 32.2 Å². The molecule has 1 fully saturated rings. The van der Waals surface area contributed by atoms with Crippen LogP contribution in [0.4, 0.5) is 0 Å². The lowest BCUT2D eigenvalue weighted by Gasteiger charge is -2.32. The fourth-order valence-corrected chi connectivity index (χ4v) is 2.56. The van der Waals surface area contributed by atoms with Crippen LogP contribution >= 0.6 is 0 Å². The number of nitrogens with one attached hydrogen (secondary N) is 1. The third-order valence-electron chi connectivity index (χ3n) is 3.89. The van der Waals surface area contributed by atoms with Crippen LogP contribution in [-0.4, -0.2) is 50.3 Å². The minimum Gasteiger partial charge on any atom is -0.380 e. The Labute approximate surface area is 113 Å². The first-order chi connectivity index (χ1) is 8.61. The monoisotopic (exact) mass is 256 g/mol. The fraction of sp³-hybridized carbons (Fsp3) is 1.00. The van der Waals surface area contributed by atoms with Crippen molar-refractivity contribution in [3.63, 3.8) is 0 Å².